The molecule has 1 rings (SSSR count). The number of methoxy groups -OCH3 is 1. The summed E-state index contributed by atoms with van der Waals surface area (Å²) in [6.45, 7) is 8.60. The first-order valence-corrected chi connectivity index (χ1v) is 6.74. The lowest BCUT2D eigenvalue weighted by Crippen LogP contribution is -2.14. The Labute approximate surface area is 115 Å². The zero-order valence-electron chi connectivity index (χ0n) is 12.5. The second-order valence-corrected chi connectivity index (χ2v) is 6.51. The molecular weight excluding hydrogens is 243 g/mol. The van der Waals surface area contributed by atoms with E-state index in [2.05, 4.69) is 27.7 Å². The van der Waals surface area contributed by atoms with Crippen LogP contribution in [0.2, 0.25) is 0 Å². The monoisotopic (exact) mass is 268 g/mol. The molecule has 1 N–H and O–H groups in total. The maximum atomic E-state index is 13.8. The zero-order valence-corrected chi connectivity index (χ0v) is 12.5. The van der Waals surface area contributed by atoms with Crippen molar-refractivity contribution < 1.29 is 14.2 Å². The van der Waals surface area contributed by atoms with Crippen molar-refractivity contribution in [2.75, 3.05) is 7.11 Å². The summed E-state index contributed by atoms with van der Waals surface area (Å²) in [6, 6.07) is 4.59. The Morgan fingerprint density at radius 3 is 2.42 bits per heavy atom. The van der Waals surface area contributed by atoms with Gasteiger partial charge < -0.3 is 9.84 Å². The molecule has 0 aliphatic rings. The Bertz CT molecular complexity index is 410. The Morgan fingerprint density at radius 1 is 1.32 bits per heavy atom. The van der Waals surface area contributed by atoms with Gasteiger partial charge in [-0.1, -0.05) is 27.7 Å². The van der Waals surface area contributed by atoms with Crippen molar-refractivity contribution in [2.24, 2.45) is 11.3 Å². The van der Waals surface area contributed by atoms with Crippen LogP contribution in [-0.2, 0) is 0 Å². The number of rotatable bonds is 5. The maximum absolute atomic E-state index is 13.8. The highest BCUT2D eigenvalue weighted by molar-refractivity contribution is 5.30. The van der Waals surface area contributed by atoms with Gasteiger partial charge in [-0.3, -0.25) is 0 Å². The van der Waals surface area contributed by atoms with Crippen LogP contribution in [0.4, 0.5) is 4.39 Å². The molecule has 19 heavy (non-hydrogen) atoms. The normalized spacial score (nSPS) is 15.1. The van der Waals surface area contributed by atoms with Gasteiger partial charge in [0, 0.05) is 11.6 Å². The number of ether oxygens (including phenoxy) is 1. The minimum absolute atomic E-state index is 0.220. The molecule has 0 radical (unpaired) electrons. The number of hydrogen-bond acceptors (Lipinski definition) is 2. The minimum Gasteiger partial charge on any atom is -0.497 e. The third-order valence-electron chi connectivity index (χ3n) is 3.15. The fourth-order valence-corrected chi connectivity index (χ4v) is 2.54. The molecule has 0 aromatic heterocycles. The molecule has 0 saturated carbocycles. The van der Waals surface area contributed by atoms with Gasteiger partial charge in [-0.15, -0.1) is 0 Å². The summed E-state index contributed by atoms with van der Waals surface area (Å²) in [5.41, 5.74) is 0.568. The first-order valence-electron chi connectivity index (χ1n) is 6.74. The first-order chi connectivity index (χ1) is 8.73. The molecule has 2 nitrogen and oxygen atoms in total. The SMILES string of the molecule is COc1ccc(C(O)CC(C)CC(C)(C)C)c(F)c1. The lowest BCUT2D eigenvalue weighted by Gasteiger charge is -2.25. The number of benzene rings is 1. The highest BCUT2D eigenvalue weighted by Crippen LogP contribution is 2.32. The van der Waals surface area contributed by atoms with Crippen molar-refractivity contribution in [2.45, 2.75) is 46.6 Å². The molecule has 0 heterocycles. The lowest BCUT2D eigenvalue weighted by atomic mass is 9.82. The zero-order chi connectivity index (χ0) is 14.6. The molecule has 0 bridgehead atoms. The number of aliphatic hydroxyl groups excluding tert-OH is 1. The fraction of sp³-hybridized carbons (Fsp3) is 0.625. The van der Waals surface area contributed by atoms with Crippen LogP contribution < -0.4 is 4.74 Å². The third-order valence-corrected chi connectivity index (χ3v) is 3.15. The largest absolute Gasteiger partial charge is 0.497 e. The van der Waals surface area contributed by atoms with Crippen LogP contribution in [0.5, 0.6) is 5.75 Å². The Kier molecular flexibility index (Phi) is 5.36. The van der Waals surface area contributed by atoms with Crippen LogP contribution >= 0.6 is 0 Å². The summed E-state index contributed by atoms with van der Waals surface area (Å²) in [5.74, 6) is 0.405. The van der Waals surface area contributed by atoms with Crippen molar-refractivity contribution in [3.63, 3.8) is 0 Å². The molecule has 3 heteroatoms. The second kappa shape index (κ2) is 6.38. The quantitative estimate of drug-likeness (QED) is 0.861. The molecule has 2 atom stereocenters. The number of hydrogen-bond donors (Lipinski definition) is 1. The van der Waals surface area contributed by atoms with E-state index in [0.717, 1.165) is 6.42 Å². The van der Waals surface area contributed by atoms with Gasteiger partial charge >= 0.3 is 0 Å². The summed E-state index contributed by atoms with van der Waals surface area (Å²) < 4.78 is 18.8. The molecule has 0 fully saturated rings. The summed E-state index contributed by atoms with van der Waals surface area (Å²) in [7, 11) is 1.50. The van der Waals surface area contributed by atoms with Gasteiger partial charge in [-0.2, -0.15) is 0 Å². The van der Waals surface area contributed by atoms with Crippen LogP contribution in [0.1, 0.15) is 52.2 Å². The smallest absolute Gasteiger partial charge is 0.132 e. The second-order valence-electron chi connectivity index (χ2n) is 6.51. The molecule has 0 aliphatic carbocycles. The van der Waals surface area contributed by atoms with E-state index in [1.54, 1.807) is 12.1 Å². The number of aliphatic hydroxyl groups is 1. The summed E-state index contributed by atoms with van der Waals surface area (Å²) in [6.07, 6.45) is 0.811. The van der Waals surface area contributed by atoms with Crippen molar-refractivity contribution in [3.8, 4) is 5.75 Å². The highest BCUT2D eigenvalue weighted by atomic mass is 19.1. The standard InChI is InChI=1S/C16H25FO2/c1-11(10-16(2,3)4)8-15(18)13-7-6-12(19-5)9-14(13)17/h6-7,9,11,15,18H,8,10H2,1-5H3. The molecule has 108 valence electrons. The van der Waals surface area contributed by atoms with Crippen LogP contribution in [0, 0.1) is 17.2 Å². The average molecular weight is 268 g/mol. The van der Waals surface area contributed by atoms with Crippen LogP contribution in [0.25, 0.3) is 0 Å². The molecule has 0 aliphatic heterocycles. The molecular formula is C16H25FO2. The van der Waals surface area contributed by atoms with Gasteiger partial charge in [0.15, 0.2) is 0 Å². The van der Waals surface area contributed by atoms with E-state index >= 15 is 0 Å². The first kappa shape index (κ1) is 16.0. The van der Waals surface area contributed by atoms with Gasteiger partial charge in [-0.05, 0) is 36.3 Å². The van der Waals surface area contributed by atoms with Crippen molar-refractivity contribution in [1.82, 2.24) is 0 Å². The Hall–Kier alpha value is -1.09. The van der Waals surface area contributed by atoms with E-state index < -0.39 is 11.9 Å². The lowest BCUT2D eigenvalue weighted by molar-refractivity contribution is 0.130. The van der Waals surface area contributed by atoms with Gasteiger partial charge in [-0.25, -0.2) is 4.39 Å². The van der Waals surface area contributed by atoms with E-state index in [0.29, 0.717) is 23.7 Å². The minimum atomic E-state index is -0.761. The predicted octanol–water partition coefficient (Wildman–Crippen LogP) is 4.33. The van der Waals surface area contributed by atoms with Crippen LogP contribution in [-0.4, -0.2) is 12.2 Å². The van der Waals surface area contributed by atoms with Crippen molar-refractivity contribution >= 4 is 0 Å². The van der Waals surface area contributed by atoms with E-state index in [1.165, 1.54) is 13.2 Å². The Balaban J connectivity index is 2.70. The fourth-order valence-electron chi connectivity index (χ4n) is 2.54. The van der Waals surface area contributed by atoms with Gasteiger partial charge in [0.05, 0.1) is 13.2 Å². The van der Waals surface area contributed by atoms with E-state index in [9.17, 15) is 9.50 Å². The van der Waals surface area contributed by atoms with E-state index in [4.69, 9.17) is 4.74 Å². The molecule has 0 amide bonds. The third kappa shape index (κ3) is 5.19. The molecule has 2 unspecified atom stereocenters. The van der Waals surface area contributed by atoms with Crippen LogP contribution in [0.15, 0.2) is 18.2 Å². The molecule has 1 aromatic carbocycles. The van der Waals surface area contributed by atoms with E-state index in [1.807, 2.05) is 0 Å². The summed E-state index contributed by atoms with van der Waals surface area (Å²) in [5, 5.41) is 10.2. The highest BCUT2D eigenvalue weighted by Gasteiger charge is 2.20. The average Bonchev–Trinajstić information content (AvgIpc) is 2.25. The molecule has 0 saturated heterocycles. The van der Waals surface area contributed by atoms with Gasteiger partial charge in [0.25, 0.3) is 0 Å². The van der Waals surface area contributed by atoms with Crippen molar-refractivity contribution in [3.05, 3.63) is 29.6 Å². The number of halogens is 1. The van der Waals surface area contributed by atoms with Gasteiger partial charge in [0.2, 0.25) is 0 Å². The van der Waals surface area contributed by atoms with Gasteiger partial charge in [0.1, 0.15) is 11.6 Å². The summed E-state index contributed by atoms with van der Waals surface area (Å²) in [4.78, 5) is 0. The Morgan fingerprint density at radius 2 is 1.95 bits per heavy atom. The summed E-state index contributed by atoms with van der Waals surface area (Å²) >= 11 is 0. The van der Waals surface area contributed by atoms with Crippen molar-refractivity contribution in [1.29, 1.82) is 0 Å². The van der Waals surface area contributed by atoms with E-state index in [-0.39, 0.29) is 5.41 Å². The maximum Gasteiger partial charge on any atom is 0.132 e. The topological polar surface area (TPSA) is 29.5 Å². The predicted molar refractivity (Wildman–Crippen MR) is 75.8 cm³/mol. The molecule has 0 spiro atoms. The van der Waals surface area contributed by atoms with Crippen LogP contribution in [0.3, 0.4) is 0 Å². The molecule has 1 aromatic rings.